The second-order valence-electron chi connectivity index (χ2n) is 7.43. The molecule has 0 saturated heterocycles. The predicted molar refractivity (Wildman–Crippen MR) is 89.4 cm³/mol. The number of hydrogen-bond donors (Lipinski definition) is 2. The molecule has 0 spiro atoms. The highest BCUT2D eigenvalue weighted by Crippen LogP contribution is 2.24. The van der Waals surface area contributed by atoms with Gasteiger partial charge in [0.1, 0.15) is 6.04 Å². The van der Waals surface area contributed by atoms with E-state index in [0.717, 1.165) is 23.4 Å². The minimum atomic E-state index is -0.991. The summed E-state index contributed by atoms with van der Waals surface area (Å²) in [5.74, 6) is -1.69. The number of hydrogen-bond acceptors (Lipinski definition) is 3. The minimum Gasteiger partial charge on any atom is -0.480 e. The van der Waals surface area contributed by atoms with Crippen LogP contribution in [0.25, 0.3) is 0 Å². The molecule has 0 bridgehead atoms. The Labute approximate surface area is 138 Å². The summed E-state index contributed by atoms with van der Waals surface area (Å²) in [4.78, 5) is 23.9. The van der Waals surface area contributed by atoms with Gasteiger partial charge in [-0.1, -0.05) is 20.8 Å². The molecule has 23 heavy (non-hydrogen) atoms. The largest absolute Gasteiger partial charge is 0.480 e. The zero-order chi connectivity index (χ0) is 17.9. The Bertz CT molecular complexity index is 585. The molecule has 0 fully saturated rings. The maximum Gasteiger partial charge on any atom is 0.326 e. The van der Waals surface area contributed by atoms with Crippen LogP contribution in [0, 0.1) is 19.3 Å². The predicted octanol–water partition coefficient (Wildman–Crippen LogP) is 2.54. The fourth-order valence-electron chi connectivity index (χ4n) is 2.68. The zero-order valence-corrected chi connectivity index (χ0v) is 15.2. The van der Waals surface area contributed by atoms with Crippen molar-refractivity contribution in [2.24, 2.45) is 12.5 Å². The monoisotopic (exact) mass is 323 g/mol. The molecule has 0 aliphatic heterocycles. The lowest BCUT2D eigenvalue weighted by molar-refractivity contribution is -0.142. The Morgan fingerprint density at radius 1 is 1.30 bits per heavy atom. The number of carboxylic acids is 1. The molecule has 2 unspecified atom stereocenters. The first-order valence-electron chi connectivity index (χ1n) is 7.97. The van der Waals surface area contributed by atoms with Gasteiger partial charge in [-0.3, -0.25) is 9.48 Å². The van der Waals surface area contributed by atoms with E-state index in [0.29, 0.717) is 6.42 Å². The molecule has 1 rings (SSSR count). The summed E-state index contributed by atoms with van der Waals surface area (Å²) in [5, 5.41) is 16.3. The Morgan fingerprint density at radius 2 is 1.87 bits per heavy atom. The number of carboxylic acid groups (broad SMARTS) is 1. The van der Waals surface area contributed by atoms with Crippen LogP contribution in [0.4, 0.5) is 0 Å². The van der Waals surface area contributed by atoms with Gasteiger partial charge in [0.2, 0.25) is 5.91 Å². The third-order valence-electron chi connectivity index (χ3n) is 4.19. The fraction of sp³-hybridized carbons (Fsp3) is 0.706. The second kappa shape index (κ2) is 7.15. The van der Waals surface area contributed by atoms with Crippen LogP contribution in [0.3, 0.4) is 0 Å². The Kier molecular flexibility index (Phi) is 5.97. The molecule has 1 heterocycles. The Balaban J connectivity index is 2.84. The summed E-state index contributed by atoms with van der Waals surface area (Å²) in [5.41, 5.74) is 2.62. The van der Waals surface area contributed by atoms with Gasteiger partial charge in [0.15, 0.2) is 0 Å². The quantitative estimate of drug-likeness (QED) is 0.842. The van der Waals surface area contributed by atoms with Crippen molar-refractivity contribution in [1.82, 2.24) is 15.1 Å². The topological polar surface area (TPSA) is 84.2 Å². The summed E-state index contributed by atoms with van der Waals surface area (Å²) in [6.45, 7) is 11.7. The molecule has 0 aliphatic rings. The molecule has 0 saturated carbocycles. The van der Waals surface area contributed by atoms with Crippen LogP contribution in [0.1, 0.15) is 63.4 Å². The summed E-state index contributed by atoms with van der Waals surface area (Å²) in [6.07, 6.45) is 1.14. The van der Waals surface area contributed by atoms with Crippen LogP contribution in [-0.2, 0) is 16.6 Å². The molecule has 1 amide bonds. The van der Waals surface area contributed by atoms with Gasteiger partial charge in [0.25, 0.3) is 0 Å². The van der Waals surface area contributed by atoms with E-state index in [2.05, 4.69) is 31.2 Å². The van der Waals surface area contributed by atoms with Gasteiger partial charge < -0.3 is 10.4 Å². The van der Waals surface area contributed by atoms with E-state index >= 15 is 0 Å². The van der Waals surface area contributed by atoms with Crippen molar-refractivity contribution in [3.63, 3.8) is 0 Å². The van der Waals surface area contributed by atoms with Gasteiger partial charge in [0.05, 0.1) is 11.6 Å². The smallest absolute Gasteiger partial charge is 0.326 e. The van der Waals surface area contributed by atoms with Crippen molar-refractivity contribution in [2.75, 3.05) is 0 Å². The van der Waals surface area contributed by atoms with E-state index < -0.39 is 17.9 Å². The van der Waals surface area contributed by atoms with Crippen LogP contribution in [0.2, 0.25) is 0 Å². The van der Waals surface area contributed by atoms with E-state index in [4.69, 9.17) is 0 Å². The van der Waals surface area contributed by atoms with E-state index in [9.17, 15) is 14.7 Å². The molecule has 1 aromatic rings. The number of rotatable bonds is 6. The number of aryl methyl sites for hydroxylation is 2. The van der Waals surface area contributed by atoms with Crippen molar-refractivity contribution >= 4 is 11.9 Å². The molecule has 6 heteroatoms. The van der Waals surface area contributed by atoms with Crippen molar-refractivity contribution in [1.29, 1.82) is 0 Å². The second-order valence-corrected chi connectivity index (χ2v) is 7.43. The average Bonchev–Trinajstić information content (AvgIpc) is 2.65. The summed E-state index contributed by atoms with van der Waals surface area (Å²) >= 11 is 0. The third-order valence-corrected chi connectivity index (χ3v) is 4.19. The van der Waals surface area contributed by atoms with E-state index in [1.54, 1.807) is 11.6 Å². The van der Waals surface area contributed by atoms with Crippen molar-refractivity contribution in [3.8, 4) is 0 Å². The molecular weight excluding hydrogens is 294 g/mol. The lowest BCUT2D eigenvalue weighted by atomic mass is 9.88. The summed E-state index contributed by atoms with van der Waals surface area (Å²) in [7, 11) is 1.83. The van der Waals surface area contributed by atoms with E-state index in [1.807, 2.05) is 20.9 Å². The van der Waals surface area contributed by atoms with Gasteiger partial charge in [-0.25, -0.2) is 4.79 Å². The first kappa shape index (κ1) is 19.2. The number of carbonyl (C=O) groups excluding carboxylic acids is 1. The molecule has 2 N–H and O–H groups in total. The Hall–Kier alpha value is -1.85. The van der Waals surface area contributed by atoms with Gasteiger partial charge in [-0.15, -0.1) is 0 Å². The molecule has 0 aliphatic carbocycles. The molecule has 130 valence electrons. The summed E-state index contributed by atoms with van der Waals surface area (Å²) in [6, 6.07) is -0.860. The summed E-state index contributed by atoms with van der Waals surface area (Å²) < 4.78 is 1.74. The van der Waals surface area contributed by atoms with Gasteiger partial charge >= 0.3 is 5.97 Å². The highest BCUT2D eigenvalue weighted by molar-refractivity contribution is 5.88. The Morgan fingerprint density at radius 3 is 2.26 bits per heavy atom. The fourth-order valence-corrected chi connectivity index (χ4v) is 2.68. The number of carbonyl (C=O) groups is 2. The van der Waals surface area contributed by atoms with Gasteiger partial charge in [-0.05, 0) is 39.0 Å². The van der Waals surface area contributed by atoms with Crippen LogP contribution in [0.5, 0.6) is 0 Å². The lowest BCUT2D eigenvalue weighted by Crippen LogP contribution is -2.43. The first-order chi connectivity index (χ1) is 10.4. The highest BCUT2D eigenvalue weighted by Gasteiger charge is 2.28. The molecular formula is C17H29N3O3. The third kappa shape index (κ3) is 5.08. The number of amides is 1. The zero-order valence-electron chi connectivity index (χ0n) is 15.2. The van der Waals surface area contributed by atoms with Gasteiger partial charge in [-0.2, -0.15) is 5.10 Å². The van der Waals surface area contributed by atoms with E-state index in [-0.39, 0.29) is 11.3 Å². The number of nitrogens with one attached hydrogen (secondary N) is 1. The van der Waals surface area contributed by atoms with E-state index in [1.165, 1.54) is 0 Å². The average molecular weight is 323 g/mol. The van der Waals surface area contributed by atoms with Crippen molar-refractivity contribution < 1.29 is 14.7 Å². The SMILES string of the molecule is Cc1nn(C)c(C)c1C(C)C(=O)NC(CCC(C)(C)C)C(=O)O. The normalized spacial score (nSPS) is 14.4. The van der Waals surface area contributed by atoms with Crippen molar-refractivity contribution in [2.45, 2.75) is 66.3 Å². The maximum absolute atomic E-state index is 12.5. The number of aromatic nitrogens is 2. The maximum atomic E-state index is 12.5. The standard InChI is InChI=1S/C17H29N3O3/c1-10(14-11(2)19-20(7)12(14)3)15(21)18-13(16(22)23)8-9-17(4,5)6/h10,13H,8-9H2,1-7H3,(H,18,21)(H,22,23). The molecule has 2 atom stereocenters. The van der Waals surface area contributed by atoms with Gasteiger partial charge in [0, 0.05) is 18.3 Å². The molecule has 6 nitrogen and oxygen atoms in total. The van der Waals surface area contributed by atoms with Crippen LogP contribution in [-0.4, -0.2) is 32.8 Å². The molecule has 0 radical (unpaired) electrons. The number of nitrogens with zero attached hydrogens (tertiary/aromatic N) is 2. The van der Waals surface area contributed by atoms with Crippen LogP contribution < -0.4 is 5.32 Å². The van der Waals surface area contributed by atoms with Crippen LogP contribution >= 0.6 is 0 Å². The highest BCUT2D eigenvalue weighted by atomic mass is 16.4. The minimum absolute atomic E-state index is 0.0283. The lowest BCUT2D eigenvalue weighted by Gasteiger charge is -2.23. The molecule has 1 aromatic heterocycles. The van der Waals surface area contributed by atoms with Crippen molar-refractivity contribution in [3.05, 3.63) is 17.0 Å². The molecule has 0 aromatic carbocycles. The van der Waals surface area contributed by atoms with Crippen LogP contribution in [0.15, 0.2) is 0 Å². The first-order valence-corrected chi connectivity index (χ1v) is 7.97. The number of aliphatic carboxylic acids is 1.